The molecule has 0 radical (unpaired) electrons. The first-order valence-corrected chi connectivity index (χ1v) is 4.25. The number of oxime groups is 1. The van der Waals surface area contributed by atoms with Crippen molar-refractivity contribution in [3.05, 3.63) is 0 Å². The van der Waals surface area contributed by atoms with Gasteiger partial charge >= 0.3 is 0 Å². The molecule has 2 aliphatic rings. The number of nitrogens with zero attached hydrogens (tertiary/aromatic N) is 2. The summed E-state index contributed by atoms with van der Waals surface area (Å²) in [6, 6.07) is 1.10. The van der Waals surface area contributed by atoms with E-state index in [9.17, 15) is 0 Å². The summed E-state index contributed by atoms with van der Waals surface area (Å²) >= 11 is 0. The van der Waals surface area contributed by atoms with Crippen LogP contribution in [0.25, 0.3) is 0 Å². The zero-order chi connectivity index (χ0) is 7.84. The second-order valence-electron chi connectivity index (χ2n) is 3.56. The highest BCUT2D eigenvalue weighted by atomic mass is 16.4. The SMILES string of the molecule is CN1C2CCCC1C(=NO)C2. The van der Waals surface area contributed by atoms with Crippen molar-refractivity contribution in [2.45, 2.75) is 37.8 Å². The molecule has 1 N–H and O–H groups in total. The molecule has 2 bridgehead atoms. The van der Waals surface area contributed by atoms with Gasteiger partial charge in [-0.05, 0) is 26.3 Å². The van der Waals surface area contributed by atoms with Gasteiger partial charge in [-0.3, -0.25) is 4.90 Å². The zero-order valence-corrected chi connectivity index (χ0v) is 6.82. The van der Waals surface area contributed by atoms with Crippen molar-refractivity contribution in [1.82, 2.24) is 4.90 Å². The molecule has 0 aromatic carbocycles. The minimum absolute atomic E-state index is 0.443. The number of hydrogen-bond donors (Lipinski definition) is 1. The Labute approximate surface area is 66.7 Å². The van der Waals surface area contributed by atoms with Crippen LogP contribution in [0.2, 0.25) is 0 Å². The van der Waals surface area contributed by atoms with E-state index >= 15 is 0 Å². The Balaban J connectivity index is 2.22. The minimum atomic E-state index is 0.443. The second-order valence-corrected chi connectivity index (χ2v) is 3.56. The first kappa shape index (κ1) is 7.10. The van der Waals surface area contributed by atoms with Crippen LogP contribution in [0.5, 0.6) is 0 Å². The highest BCUT2D eigenvalue weighted by molar-refractivity contribution is 5.91. The van der Waals surface area contributed by atoms with E-state index < -0.39 is 0 Å². The van der Waals surface area contributed by atoms with Crippen LogP contribution in [0.1, 0.15) is 25.7 Å². The van der Waals surface area contributed by atoms with E-state index in [0.717, 1.165) is 12.1 Å². The number of hydrogen-bond acceptors (Lipinski definition) is 3. The predicted molar refractivity (Wildman–Crippen MR) is 43.0 cm³/mol. The maximum absolute atomic E-state index is 8.69. The normalized spacial score (nSPS) is 41.7. The van der Waals surface area contributed by atoms with Gasteiger partial charge in [0.25, 0.3) is 0 Å². The molecule has 0 aromatic rings. The van der Waals surface area contributed by atoms with Crippen LogP contribution >= 0.6 is 0 Å². The Hall–Kier alpha value is -0.570. The molecule has 0 saturated carbocycles. The van der Waals surface area contributed by atoms with Crippen LogP contribution in [-0.2, 0) is 0 Å². The topological polar surface area (TPSA) is 35.8 Å². The third-order valence-electron chi connectivity index (χ3n) is 3.04. The summed E-state index contributed by atoms with van der Waals surface area (Å²) in [6.07, 6.45) is 4.72. The van der Waals surface area contributed by atoms with Crippen LogP contribution in [0.15, 0.2) is 5.16 Å². The van der Waals surface area contributed by atoms with E-state index in [-0.39, 0.29) is 0 Å². The predicted octanol–water partition coefficient (Wildman–Crippen LogP) is 1.07. The molecule has 3 heteroatoms. The molecule has 0 spiro atoms. The average Bonchev–Trinajstić information content (AvgIpc) is 2.23. The van der Waals surface area contributed by atoms with Crippen molar-refractivity contribution in [1.29, 1.82) is 0 Å². The summed E-state index contributed by atoms with van der Waals surface area (Å²) in [5.74, 6) is 0. The third kappa shape index (κ3) is 0.948. The van der Waals surface area contributed by atoms with Gasteiger partial charge in [0, 0.05) is 12.5 Å². The molecule has 3 nitrogen and oxygen atoms in total. The van der Waals surface area contributed by atoms with Crippen LogP contribution < -0.4 is 0 Å². The Morgan fingerprint density at radius 3 is 3.00 bits per heavy atom. The summed E-state index contributed by atoms with van der Waals surface area (Å²) in [6.45, 7) is 0. The van der Waals surface area contributed by atoms with Crippen molar-refractivity contribution >= 4 is 5.71 Å². The standard InChI is InChI=1S/C8H14N2O/c1-10-6-3-2-4-8(10)7(5-6)9-11/h6,8,11H,2-5H2,1H3. The van der Waals surface area contributed by atoms with E-state index in [0.29, 0.717) is 12.1 Å². The average molecular weight is 154 g/mol. The number of fused-ring (bicyclic) bond motifs is 2. The Morgan fingerprint density at radius 2 is 2.36 bits per heavy atom. The highest BCUT2D eigenvalue weighted by Gasteiger charge is 2.38. The van der Waals surface area contributed by atoms with Crippen molar-refractivity contribution in [2.24, 2.45) is 5.16 Å². The monoisotopic (exact) mass is 154 g/mol. The Morgan fingerprint density at radius 1 is 1.55 bits per heavy atom. The summed E-state index contributed by atoms with van der Waals surface area (Å²) in [5, 5.41) is 12.0. The van der Waals surface area contributed by atoms with Crippen LogP contribution in [0.4, 0.5) is 0 Å². The molecule has 2 unspecified atom stereocenters. The van der Waals surface area contributed by atoms with Gasteiger partial charge < -0.3 is 5.21 Å². The highest BCUT2D eigenvalue weighted by Crippen LogP contribution is 2.32. The van der Waals surface area contributed by atoms with Crippen LogP contribution in [0, 0.1) is 0 Å². The lowest BCUT2D eigenvalue weighted by atomic mass is 10.0. The Kier molecular flexibility index (Phi) is 1.60. The Bertz CT molecular complexity index is 191. The van der Waals surface area contributed by atoms with E-state index in [4.69, 9.17) is 5.21 Å². The van der Waals surface area contributed by atoms with E-state index in [2.05, 4.69) is 17.1 Å². The van der Waals surface area contributed by atoms with Gasteiger partial charge in [0.1, 0.15) is 0 Å². The molecule has 11 heavy (non-hydrogen) atoms. The van der Waals surface area contributed by atoms with E-state index in [1.165, 1.54) is 19.3 Å². The van der Waals surface area contributed by atoms with E-state index in [1.54, 1.807) is 0 Å². The van der Waals surface area contributed by atoms with Gasteiger partial charge in [0.15, 0.2) is 0 Å². The molecule has 0 amide bonds. The van der Waals surface area contributed by atoms with E-state index in [1.807, 2.05) is 0 Å². The third-order valence-corrected chi connectivity index (χ3v) is 3.04. The molecular weight excluding hydrogens is 140 g/mol. The van der Waals surface area contributed by atoms with Gasteiger partial charge in [-0.2, -0.15) is 0 Å². The molecular formula is C8H14N2O. The second kappa shape index (κ2) is 2.48. The first-order chi connectivity index (χ1) is 5.33. The summed E-state index contributed by atoms with van der Waals surface area (Å²) in [7, 11) is 2.13. The maximum atomic E-state index is 8.69. The molecule has 2 atom stereocenters. The molecule has 2 rings (SSSR count). The summed E-state index contributed by atoms with van der Waals surface area (Å²) in [4.78, 5) is 2.35. The zero-order valence-electron chi connectivity index (χ0n) is 6.82. The molecule has 0 aliphatic carbocycles. The quantitative estimate of drug-likeness (QED) is 0.418. The lowest BCUT2D eigenvalue weighted by Crippen LogP contribution is -2.37. The van der Waals surface area contributed by atoms with Crippen molar-refractivity contribution in [3.8, 4) is 0 Å². The lowest BCUT2D eigenvalue weighted by molar-refractivity contribution is 0.189. The maximum Gasteiger partial charge on any atom is 0.0757 e. The van der Waals surface area contributed by atoms with Crippen molar-refractivity contribution in [3.63, 3.8) is 0 Å². The van der Waals surface area contributed by atoms with Crippen molar-refractivity contribution in [2.75, 3.05) is 7.05 Å². The van der Waals surface area contributed by atoms with Gasteiger partial charge in [-0.15, -0.1) is 0 Å². The fourth-order valence-electron chi connectivity index (χ4n) is 2.34. The van der Waals surface area contributed by atoms with Gasteiger partial charge in [0.05, 0.1) is 11.8 Å². The number of piperidine rings is 1. The summed E-state index contributed by atoms with van der Waals surface area (Å²) in [5.41, 5.74) is 0.995. The molecule has 2 saturated heterocycles. The fourth-order valence-corrected chi connectivity index (χ4v) is 2.34. The van der Waals surface area contributed by atoms with Crippen molar-refractivity contribution < 1.29 is 5.21 Å². The van der Waals surface area contributed by atoms with Crippen LogP contribution in [-0.4, -0.2) is 35.0 Å². The molecule has 2 heterocycles. The minimum Gasteiger partial charge on any atom is -0.411 e. The van der Waals surface area contributed by atoms with Gasteiger partial charge in [0.2, 0.25) is 0 Å². The summed E-state index contributed by atoms with van der Waals surface area (Å²) < 4.78 is 0. The molecule has 0 aromatic heterocycles. The fraction of sp³-hybridized carbons (Fsp3) is 0.875. The smallest absolute Gasteiger partial charge is 0.0757 e. The van der Waals surface area contributed by atoms with Crippen LogP contribution in [0.3, 0.4) is 0 Å². The lowest BCUT2D eigenvalue weighted by Gasteiger charge is -2.29. The number of rotatable bonds is 0. The molecule has 62 valence electrons. The largest absolute Gasteiger partial charge is 0.411 e. The molecule has 2 fully saturated rings. The first-order valence-electron chi connectivity index (χ1n) is 4.25. The van der Waals surface area contributed by atoms with Gasteiger partial charge in [-0.25, -0.2) is 0 Å². The molecule has 2 aliphatic heterocycles. The van der Waals surface area contributed by atoms with Gasteiger partial charge in [-0.1, -0.05) is 5.16 Å².